The van der Waals surface area contributed by atoms with Gasteiger partial charge in [0.2, 0.25) is 0 Å². The van der Waals surface area contributed by atoms with Crippen molar-refractivity contribution in [3.8, 4) is 0 Å². The maximum Gasteiger partial charge on any atom is 0.134 e. The van der Waals surface area contributed by atoms with Gasteiger partial charge < -0.3 is 19.8 Å². The Kier molecular flexibility index (Phi) is 6.65. The predicted octanol–water partition coefficient (Wildman–Crippen LogP) is 1.29. The summed E-state index contributed by atoms with van der Waals surface area (Å²) in [6.45, 7) is 8.94. The number of hydrogen-bond donors (Lipinski definition) is 1. The van der Waals surface area contributed by atoms with E-state index in [1.807, 2.05) is 0 Å². The first-order chi connectivity index (χ1) is 13.7. The second-order valence-corrected chi connectivity index (χ2v) is 8.79. The number of likely N-dealkylation sites (tertiary alicyclic amines) is 1. The number of anilines is 2. The predicted molar refractivity (Wildman–Crippen MR) is 113 cm³/mol. The third kappa shape index (κ3) is 4.75. The smallest absolute Gasteiger partial charge is 0.134 e. The minimum absolute atomic E-state index is 0.270. The second-order valence-electron chi connectivity index (χ2n) is 8.79. The third-order valence-corrected chi connectivity index (χ3v) is 6.83. The van der Waals surface area contributed by atoms with Crippen molar-refractivity contribution >= 4 is 11.6 Å². The van der Waals surface area contributed by atoms with E-state index in [-0.39, 0.29) is 6.61 Å². The van der Waals surface area contributed by atoms with E-state index in [0.717, 1.165) is 69.8 Å². The molecule has 0 spiro atoms. The van der Waals surface area contributed by atoms with Gasteiger partial charge >= 0.3 is 0 Å². The lowest BCUT2D eigenvalue weighted by atomic mass is 9.99. The lowest BCUT2D eigenvalue weighted by Gasteiger charge is -2.40. The Morgan fingerprint density at radius 2 is 1.71 bits per heavy atom. The summed E-state index contributed by atoms with van der Waals surface area (Å²) >= 11 is 0. The van der Waals surface area contributed by atoms with E-state index in [1.54, 1.807) is 6.33 Å². The molecule has 0 bridgehead atoms. The van der Waals surface area contributed by atoms with Crippen LogP contribution in [-0.2, 0) is 0 Å². The van der Waals surface area contributed by atoms with Crippen molar-refractivity contribution in [3.63, 3.8) is 0 Å². The molecule has 0 radical (unpaired) electrons. The molecule has 3 aliphatic heterocycles. The Hall–Kier alpha value is -1.44. The molecule has 0 saturated carbocycles. The minimum Gasteiger partial charge on any atom is -0.396 e. The molecular formula is C21H36N6O. The largest absolute Gasteiger partial charge is 0.396 e. The van der Waals surface area contributed by atoms with Crippen LogP contribution in [0, 0.1) is 5.92 Å². The number of likely N-dealkylation sites (N-methyl/N-ethyl adjacent to an activating group) is 1. The number of hydrogen-bond acceptors (Lipinski definition) is 7. The number of aliphatic hydroxyl groups is 1. The summed E-state index contributed by atoms with van der Waals surface area (Å²) in [6.07, 6.45) is 8.02. The van der Waals surface area contributed by atoms with Gasteiger partial charge in [-0.2, -0.15) is 0 Å². The highest BCUT2D eigenvalue weighted by Gasteiger charge is 2.25. The Labute approximate surface area is 169 Å². The highest BCUT2D eigenvalue weighted by Crippen LogP contribution is 2.24. The lowest BCUT2D eigenvalue weighted by molar-refractivity contribution is 0.124. The first-order valence-electron chi connectivity index (χ1n) is 11.1. The first kappa shape index (κ1) is 19.9. The van der Waals surface area contributed by atoms with E-state index >= 15 is 0 Å². The van der Waals surface area contributed by atoms with Crippen molar-refractivity contribution in [2.45, 2.75) is 38.1 Å². The van der Waals surface area contributed by atoms with Gasteiger partial charge in [0.25, 0.3) is 0 Å². The fourth-order valence-corrected chi connectivity index (χ4v) is 4.94. The Balaban J connectivity index is 1.32. The molecule has 4 rings (SSSR count). The number of piperidine rings is 2. The summed E-state index contributed by atoms with van der Waals surface area (Å²) in [5.41, 5.74) is 0. The number of nitrogens with zero attached hydrogens (tertiary/aromatic N) is 6. The van der Waals surface area contributed by atoms with Crippen LogP contribution < -0.4 is 9.80 Å². The van der Waals surface area contributed by atoms with Crippen molar-refractivity contribution in [2.24, 2.45) is 5.92 Å². The highest BCUT2D eigenvalue weighted by molar-refractivity contribution is 5.50. The molecule has 3 aliphatic rings. The number of rotatable bonds is 5. The van der Waals surface area contributed by atoms with Crippen LogP contribution in [0.4, 0.5) is 11.6 Å². The Bertz CT molecular complexity index is 621. The molecule has 7 nitrogen and oxygen atoms in total. The number of aliphatic hydroxyl groups excluding tert-OH is 1. The molecule has 3 saturated heterocycles. The van der Waals surface area contributed by atoms with Crippen molar-refractivity contribution < 1.29 is 5.11 Å². The average molecular weight is 389 g/mol. The maximum atomic E-state index is 9.50. The summed E-state index contributed by atoms with van der Waals surface area (Å²) in [5.74, 6) is 2.42. The number of piperazine rings is 1. The highest BCUT2D eigenvalue weighted by atomic mass is 16.3. The number of aromatic nitrogens is 2. The van der Waals surface area contributed by atoms with Crippen molar-refractivity contribution in [2.75, 3.05) is 75.8 Å². The molecule has 4 heterocycles. The van der Waals surface area contributed by atoms with Gasteiger partial charge in [0.1, 0.15) is 18.0 Å². The molecule has 0 aliphatic carbocycles. The van der Waals surface area contributed by atoms with E-state index in [2.05, 4.69) is 42.7 Å². The van der Waals surface area contributed by atoms with Crippen LogP contribution in [0.25, 0.3) is 0 Å². The van der Waals surface area contributed by atoms with Crippen LogP contribution in [0.3, 0.4) is 0 Å². The van der Waals surface area contributed by atoms with Gasteiger partial charge in [0, 0.05) is 64.5 Å². The van der Waals surface area contributed by atoms with Crippen LogP contribution in [0.5, 0.6) is 0 Å². The van der Waals surface area contributed by atoms with Gasteiger partial charge in [-0.3, -0.25) is 4.90 Å². The minimum atomic E-state index is 0.270. The lowest BCUT2D eigenvalue weighted by Crippen LogP contribution is -2.52. The van der Waals surface area contributed by atoms with Gasteiger partial charge in [-0.25, -0.2) is 9.97 Å². The van der Waals surface area contributed by atoms with Gasteiger partial charge in [-0.05, 0) is 45.2 Å². The van der Waals surface area contributed by atoms with Crippen molar-refractivity contribution in [1.82, 2.24) is 19.8 Å². The van der Waals surface area contributed by atoms with Crippen molar-refractivity contribution in [3.05, 3.63) is 12.4 Å². The zero-order valence-electron chi connectivity index (χ0n) is 17.3. The van der Waals surface area contributed by atoms with Gasteiger partial charge in [-0.1, -0.05) is 6.42 Å². The quantitative estimate of drug-likeness (QED) is 0.816. The van der Waals surface area contributed by atoms with Gasteiger partial charge in [-0.15, -0.1) is 0 Å². The summed E-state index contributed by atoms with van der Waals surface area (Å²) in [6, 6.07) is 2.87. The fraction of sp³-hybridized carbons (Fsp3) is 0.810. The molecule has 0 aromatic carbocycles. The van der Waals surface area contributed by atoms with Gasteiger partial charge in [0.05, 0.1) is 0 Å². The molecule has 156 valence electrons. The van der Waals surface area contributed by atoms with Crippen LogP contribution >= 0.6 is 0 Å². The monoisotopic (exact) mass is 388 g/mol. The molecule has 0 amide bonds. The molecule has 1 N–H and O–H groups in total. The Morgan fingerprint density at radius 3 is 2.46 bits per heavy atom. The summed E-state index contributed by atoms with van der Waals surface area (Å²) in [7, 11) is 2.28. The molecule has 1 aromatic heterocycles. The van der Waals surface area contributed by atoms with Crippen LogP contribution in [0.15, 0.2) is 12.4 Å². The van der Waals surface area contributed by atoms with Crippen LogP contribution in [0.2, 0.25) is 0 Å². The van der Waals surface area contributed by atoms with E-state index in [9.17, 15) is 5.11 Å². The maximum absolute atomic E-state index is 9.50. The molecule has 2 unspecified atom stereocenters. The summed E-state index contributed by atoms with van der Waals surface area (Å²) < 4.78 is 0. The fourth-order valence-electron chi connectivity index (χ4n) is 4.94. The second kappa shape index (κ2) is 9.37. The Morgan fingerprint density at radius 1 is 0.929 bits per heavy atom. The topological polar surface area (TPSA) is 59.0 Å². The standard InChI is InChI=1S/C21H36N6O/c1-24-7-3-2-6-19(24)15-25-9-11-26(12-10-25)20-13-21(23-17-22-20)27-8-4-5-18(14-27)16-28/h13,17-19,28H,2-12,14-16H2,1H3. The van der Waals surface area contributed by atoms with Gasteiger partial charge in [0.15, 0.2) is 0 Å². The van der Waals surface area contributed by atoms with Crippen molar-refractivity contribution in [1.29, 1.82) is 0 Å². The van der Waals surface area contributed by atoms with E-state index in [4.69, 9.17) is 0 Å². The van der Waals surface area contributed by atoms with Crippen LogP contribution in [0.1, 0.15) is 32.1 Å². The summed E-state index contributed by atoms with van der Waals surface area (Å²) in [4.78, 5) is 19.0. The molecule has 1 aromatic rings. The normalized spacial score (nSPS) is 27.9. The van der Waals surface area contributed by atoms with Crippen LogP contribution in [-0.4, -0.2) is 96.9 Å². The molecular weight excluding hydrogens is 352 g/mol. The third-order valence-electron chi connectivity index (χ3n) is 6.83. The first-order valence-corrected chi connectivity index (χ1v) is 11.1. The molecule has 2 atom stereocenters. The molecule has 3 fully saturated rings. The SMILES string of the molecule is CN1CCCCC1CN1CCN(c2cc(N3CCCC(CO)C3)ncn2)CC1. The zero-order valence-corrected chi connectivity index (χ0v) is 17.3. The average Bonchev–Trinajstić information content (AvgIpc) is 2.76. The summed E-state index contributed by atoms with van der Waals surface area (Å²) in [5, 5.41) is 9.50. The van der Waals surface area contributed by atoms with E-state index in [1.165, 1.54) is 32.4 Å². The molecule has 7 heteroatoms. The van der Waals surface area contributed by atoms with E-state index in [0.29, 0.717) is 5.92 Å². The zero-order chi connectivity index (χ0) is 19.3. The molecule has 28 heavy (non-hydrogen) atoms. The van der Waals surface area contributed by atoms with E-state index < -0.39 is 0 Å².